The molecule has 0 spiro atoms. The van der Waals surface area contributed by atoms with E-state index >= 15 is 0 Å². The van der Waals surface area contributed by atoms with Gasteiger partial charge in [-0.05, 0) is 25.1 Å². The van der Waals surface area contributed by atoms with E-state index in [4.69, 9.17) is 9.84 Å². The Kier molecular flexibility index (Phi) is 3.71. The first-order valence-electron chi connectivity index (χ1n) is 4.50. The molecule has 0 bridgehead atoms. The van der Waals surface area contributed by atoms with Crippen molar-refractivity contribution in [1.29, 1.82) is 0 Å². The van der Waals surface area contributed by atoms with Crippen LogP contribution in [0.5, 0.6) is 5.75 Å². The summed E-state index contributed by atoms with van der Waals surface area (Å²) in [4.78, 5) is 0.214. The fourth-order valence-electron chi connectivity index (χ4n) is 1.01. The van der Waals surface area contributed by atoms with Crippen molar-refractivity contribution in [2.24, 2.45) is 0 Å². The lowest BCUT2D eigenvalue weighted by atomic mass is 10.3. The third kappa shape index (κ3) is 3.89. The molecule has 0 aliphatic heterocycles. The van der Waals surface area contributed by atoms with Crippen LogP contribution in [0.3, 0.4) is 0 Å². The number of rotatable bonds is 4. The van der Waals surface area contributed by atoms with Gasteiger partial charge >= 0.3 is 0 Å². The summed E-state index contributed by atoms with van der Waals surface area (Å²) in [6.07, 6.45) is 0.563. The summed E-state index contributed by atoms with van der Waals surface area (Å²) in [5.74, 6) is 0.443. The molecule has 0 unspecified atom stereocenters. The summed E-state index contributed by atoms with van der Waals surface area (Å²) in [5.41, 5.74) is 0. The maximum atomic E-state index is 11.2. The summed E-state index contributed by atoms with van der Waals surface area (Å²) in [6.45, 7) is 1.74. The minimum atomic E-state index is -3.21. The van der Waals surface area contributed by atoms with Crippen LogP contribution in [0.15, 0.2) is 29.2 Å². The van der Waals surface area contributed by atoms with E-state index < -0.39 is 15.9 Å². The van der Waals surface area contributed by atoms with Gasteiger partial charge in [0.25, 0.3) is 0 Å². The zero-order chi connectivity index (χ0) is 11.5. The average Bonchev–Trinajstić information content (AvgIpc) is 2.14. The summed E-state index contributed by atoms with van der Waals surface area (Å²) in [7, 11) is -3.21. The van der Waals surface area contributed by atoms with Crippen LogP contribution in [0.1, 0.15) is 6.92 Å². The van der Waals surface area contributed by atoms with Gasteiger partial charge in [0, 0.05) is 6.26 Å². The van der Waals surface area contributed by atoms with Crippen molar-refractivity contribution in [1.82, 2.24) is 0 Å². The van der Waals surface area contributed by atoms with Crippen molar-refractivity contribution < 1.29 is 18.3 Å². The number of hydrogen-bond donors (Lipinski definition) is 1. The van der Waals surface area contributed by atoms with Crippen molar-refractivity contribution in [3.05, 3.63) is 24.3 Å². The van der Waals surface area contributed by atoms with E-state index in [-0.39, 0.29) is 11.5 Å². The molecule has 0 aliphatic rings. The summed E-state index contributed by atoms with van der Waals surface area (Å²) in [5, 5.41) is 9.00. The zero-order valence-electron chi connectivity index (χ0n) is 8.67. The van der Waals surface area contributed by atoms with Crippen LogP contribution in [0.4, 0.5) is 0 Å². The Morgan fingerprint density at radius 3 is 2.67 bits per heavy atom. The predicted octanol–water partition coefficient (Wildman–Crippen LogP) is 0.850. The first-order valence-corrected chi connectivity index (χ1v) is 6.40. The van der Waals surface area contributed by atoms with Gasteiger partial charge in [-0.3, -0.25) is 0 Å². The van der Waals surface area contributed by atoms with Gasteiger partial charge in [0.2, 0.25) is 0 Å². The number of aliphatic hydroxyl groups excluding tert-OH is 1. The second-order valence-electron chi connectivity index (χ2n) is 3.41. The van der Waals surface area contributed by atoms with Gasteiger partial charge in [0.15, 0.2) is 9.84 Å². The first kappa shape index (κ1) is 12.0. The van der Waals surface area contributed by atoms with Gasteiger partial charge in [-0.25, -0.2) is 8.42 Å². The number of benzene rings is 1. The van der Waals surface area contributed by atoms with Crippen molar-refractivity contribution in [3.8, 4) is 5.75 Å². The number of ether oxygens (including phenoxy) is 1. The van der Waals surface area contributed by atoms with Crippen molar-refractivity contribution >= 4 is 9.84 Å². The predicted molar refractivity (Wildman–Crippen MR) is 56.7 cm³/mol. The van der Waals surface area contributed by atoms with E-state index in [9.17, 15) is 8.42 Å². The second kappa shape index (κ2) is 4.63. The highest BCUT2D eigenvalue weighted by molar-refractivity contribution is 7.90. The fourth-order valence-corrected chi connectivity index (χ4v) is 1.67. The zero-order valence-corrected chi connectivity index (χ0v) is 9.49. The molecular formula is C10H14O4S. The highest BCUT2D eigenvalue weighted by Crippen LogP contribution is 2.17. The molecule has 1 rings (SSSR count). The largest absolute Gasteiger partial charge is 0.491 e. The molecular weight excluding hydrogens is 216 g/mol. The molecule has 1 atom stereocenters. The molecule has 0 amide bonds. The van der Waals surface area contributed by atoms with E-state index in [2.05, 4.69) is 0 Å². The van der Waals surface area contributed by atoms with Crippen molar-refractivity contribution in [3.63, 3.8) is 0 Å². The Morgan fingerprint density at radius 1 is 1.47 bits per heavy atom. The number of sulfone groups is 1. The van der Waals surface area contributed by atoms with Gasteiger partial charge in [-0.2, -0.15) is 0 Å². The Morgan fingerprint density at radius 2 is 2.13 bits per heavy atom. The Balaban J connectivity index is 2.84. The topological polar surface area (TPSA) is 63.6 Å². The smallest absolute Gasteiger partial charge is 0.175 e. The van der Waals surface area contributed by atoms with E-state index in [0.717, 1.165) is 6.26 Å². The normalized spacial score (nSPS) is 13.5. The maximum Gasteiger partial charge on any atom is 0.175 e. The second-order valence-corrected chi connectivity index (χ2v) is 5.42. The lowest BCUT2D eigenvalue weighted by molar-refractivity contribution is 0.122. The molecule has 0 aromatic heterocycles. The van der Waals surface area contributed by atoms with Gasteiger partial charge < -0.3 is 9.84 Å². The van der Waals surface area contributed by atoms with E-state index in [1.54, 1.807) is 19.1 Å². The molecule has 5 heteroatoms. The van der Waals surface area contributed by atoms with Crippen LogP contribution in [0.2, 0.25) is 0 Å². The van der Waals surface area contributed by atoms with Crippen LogP contribution in [0.25, 0.3) is 0 Å². The Labute approximate surface area is 89.4 Å². The number of hydrogen-bond acceptors (Lipinski definition) is 4. The maximum absolute atomic E-state index is 11.2. The standard InChI is InChI=1S/C10H14O4S/c1-8(11)7-14-9-4-3-5-10(6-9)15(2,12)13/h3-6,8,11H,7H2,1-2H3/t8-/m1/s1. The summed E-state index contributed by atoms with van der Waals surface area (Å²) in [6, 6.07) is 6.20. The molecule has 0 saturated heterocycles. The lowest BCUT2D eigenvalue weighted by Crippen LogP contribution is -2.12. The third-order valence-electron chi connectivity index (χ3n) is 1.72. The molecule has 1 aromatic rings. The van der Waals surface area contributed by atoms with Gasteiger partial charge in [-0.15, -0.1) is 0 Å². The average molecular weight is 230 g/mol. The molecule has 1 aromatic carbocycles. The minimum absolute atomic E-state index is 0.146. The van der Waals surface area contributed by atoms with Crippen LogP contribution in [-0.4, -0.2) is 32.5 Å². The molecule has 0 saturated carbocycles. The van der Waals surface area contributed by atoms with Crippen LogP contribution >= 0.6 is 0 Å². The molecule has 0 radical (unpaired) electrons. The fraction of sp³-hybridized carbons (Fsp3) is 0.400. The number of aliphatic hydroxyl groups is 1. The summed E-state index contributed by atoms with van der Waals surface area (Å²) >= 11 is 0. The molecule has 0 heterocycles. The van der Waals surface area contributed by atoms with E-state index in [1.807, 2.05) is 0 Å². The van der Waals surface area contributed by atoms with Crippen molar-refractivity contribution in [2.75, 3.05) is 12.9 Å². The highest BCUT2D eigenvalue weighted by atomic mass is 32.2. The van der Waals surface area contributed by atoms with Crippen LogP contribution < -0.4 is 4.74 Å². The molecule has 15 heavy (non-hydrogen) atoms. The third-order valence-corrected chi connectivity index (χ3v) is 2.84. The summed E-state index contributed by atoms with van der Waals surface area (Å²) < 4.78 is 27.6. The van der Waals surface area contributed by atoms with Gasteiger partial charge in [0.05, 0.1) is 11.0 Å². The van der Waals surface area contributed by atoms with Gasteiger partial charge in [0.1, 0.15) is 12.4 Å². The molecule has 1 N–H and O–H groups in total. The van der Waals surface area contributed by atoms with Crippen molar-refractivity contribution in [2.45, 2.75) is 17.9 Å². The Hall–Kier alpha value is -1.07. The molecule has 0 aliphatic carbocycles. The van der Waals surface area contributed by atoms with E-state index in [1.165, 1.54) is 12.1 Å². The SMILES string of the molecule is C[C@@H](O)COc1cccc(S(C)(=O)=O)c1. The van der Waals surface area contributed by atoms with Crippen LogP contribution in [0, 0.1) is 0 Å². The Bertz CT molecular complexity index is 423. The first-order chi connectivity index (χ1) is 6.89. The molecule has 84 valence electrons. The van der Waals surface area contributed by atoms with E-state index in [0.29, 0.717) is 5.75 Å². The quantitative estimate of drug-likeness (QED) is 0.833. The lowest BCUT2D eigenvalue weighted by Gasteiger charge is -2.08. The monoisotopic (exact) mass is 230 g/mol. The highest BCUT2D eigenvalue weighted by Gasteiger charge is 2.08. The van der Waals surface area contributed by atoms with Gasteiger partial charge in [-0.1, -0.05) is 6.07 Å². The molecule has 0 fully saturated rings. The minimum Gasteiger partial charge on any atom is -0.491 e. The van der Waals surface area contributed by atoms with Crippen LogP contribution in [-0.2, 0) is 9.84 Å². The molecule has 4 nitrogen and oxygen atoms in total.